The van der Waals surface area contributed by atoms with Gasteiger partial charge in [-0.1, -0.05) is 36.4 Å². The normalized spacial score (nSPS) is 15.2. The second-order valence-corrected chi connectivity index (χ2v) is 9.10. The van der Waals surface area contributed by atoms with Gasteiger partial charge in [0.25, 0.3) is 15.9 Å². The van der Waals surface area contributed by atoms with E-state index in [1.54, 1.807) is 61.7 Å². The lowest BCUT2D eigenvalue weighted by molar-refractivity contribution is -0.127. The molecule has 0 saturated heterocycles. The quantitative estimate of drug-likeness (QED) is 0.511. The first-order valence-electron chi connectivity index (χ1n) is 10.4. The van der Waals surface area contributed by atoms with Gasteiger partial charge >= 0.3 is 0 Å². The number of amides is 1. The summed E-state index contributed by atoms with van der Waals surface area (Å²) in [7, 11) is -2.30. The zero-order valence-corrected chi connectivity index (χ0v) is 18.8. The van der Waals surface area contributed by atoms with E-state index in [0.717, 1.165) is 0 Å². The predicted octanol–water partition coefficient (Wildman–Crippen LogP) is 2.85. The van der Waals surface area contributed by atoms with Gasteiger partial charge in [0.2, 0.25) is 0 Å². The van der Waals surface area contributed by atoms with Crippen LogP contribution in [0.1, 0.15) is 0 Å². The molecule has 1 heterocycles. The van der Waals surface area contributed by atoms with Gasteiger partial charge in [0.1, 0.15) is 23.9 Å². The third-order valence-corrected chi connectivity index (χ3v) is 6.86. The molecule has 33 heavy (non-hydrogen) atoms. The first-order valence-corrected chi connectivity index (χ1v) is 11.8. The molecule has 0 spiro atoms. The van der Waals surface area contributed by atoms with Crippen molar-refractivity contribution in [2.75, 3.05) is 31.1 Å². The average molecular weight is 469 g/mol. The van der Waals surface area contributed by atoms with Crippen molar-refractivity contribution >= 4 is 21.6 Å². The number of ether oxygens (including phenoxy) is 3. The monoisotopic (exact) mass is 468 g/mol. The fourth-order valence-corrected chi connectivity index (χ4v) is 4.93. The zero-order chi connectivity index (χ0) is 23.3. The van der Waals surface area contributed by atoms with E-state index in [9.17, 15) is 13.2 Å². The molecule has 0 radical (unpaired) electrons. The topological polar surface area (TPSA) is 94.2 Å². The molecule has 8 nitrogen and oxygen atoms in total. The summed E-state index contributed by atoms with van der Waals surface area (Å²) in [4.78, 5) is 12.9. The summed E-state index contributed by atoms with van der Waals surface area (Å²) >= 11 is 0. The molecule has 4 rings (SSSR count). The Morgan fingerprint density at radius 3 is 2.55 bits per heavy atom. The van der Waals surface area contributed by atoms with E-state index in [4.69, 9.17) is 14.2 Å². The smallest absolute Gasteiger partial charge is 0.264 e. The van der Waals surface area contributed by atoms with Gasteiger partial charge in [0.05, 0.1) is 30.8 Å². The third-order valence-electron chi connectivity index (χ3n) is 5.07. The first kappa shape index (κ1) is 22.5. The Bertz CT molecular complexity index is 1220. The number of para-hydroxylation sites is 2. The van der Waals surface area contributed by atoms with Gasteiger partial charge in [-0.2, -0.15) is 0 Å². The largest absolute Gasteiger partial charge is 0.497 e. The molecule has 0 saturated carbocycles. The minimum absolute atomic E-state index is 0.142. The number of methoxy groups -OCH3 is 1. The van der Waals surface area contributed by atoms with Crippen LogP contribution in [-0.2, 0) is 14.8 Å². The number of hydrogen-bond donors (Lipinski definition) is 1. The lowest BCUT2D eigenvalue weighted by atomic mass is 10.2. The number of carbonyl (C=O) groups excluding carboxylic acids is 1. The highest BCUT2D eigenvalue weighted by Gasteiger charge is 2.37. The maximum Gasteiger partial charge on any atom is 0.264 e. The molecule has 1 N–H and O–H groups in total. The fourth-order valence-electron chi connectivity index (χ4n) is 3.43. The number of fused-ring (bicyclic) bond motifs is 1. The molecule has 9 heteroatoms. The molecular weight excluding hydrogens is 444 g/mol. The van der Waals surface area contributed by atoms with Crippen molar-refractivity contribution in [1.29, 1.82) is 0 Å². The molecule has 0 aromatic heterocycles. The molecular formula is C24H24N2O6S. The van der Waals surface area contributed by atoms with E-state index in [-0.39, 0.29) is 24.6 Å². The standard InChI is InChI=1S/C24H24N2O6S/c1-30-18-8-7-9-19(16-18)31-15-14-25-24(27)23-17-26(21-12-5-6-13-22(21)32-23)33(28,29)20-10-3-2-4-11-20/h2-13,16,23H,14-15,17H2,1H3,(H,25,27)/t23-/m0/s1. The predicted molar refractivity (Wildman–Crippen MR) is 123 cm³/mol. The Morgan fingerprint density at radius 1 is 1.03 bits per heavy atom. The SMILES string of the molecule is COc1cccc(OCCNC(=O)[C@@H]2CN(S(=O)(=O)c3ccccc3)c3ccccc3O2)c1. The number of sulfonamides is 1. The van der Waals surface area contributed by atoms with Gasteiger partial charge in [-0.05, 0) is 36.4 Å². The Labute approximate surface area is 192 Å². The van der Waals surface area contributed by atoms with Crippen LogP contribution in [0.15, 0.2) is 83.8 Å². The lowest BCUT2D eigenvalue weighted by Gasteiger charge is -2.34. The number of carbonyl (C=O) groups is 1. The van der Waals surface area contributed by atoms with Crippen LogP contribution in [-0.4, -0.2) is 47.2 Å². The van der Waals surface area contributed by atoms with E-state index in [0.29, 0.717) is 22.9 Å². The van der Waals surface area contributed by atoms with Crippen LogP contribution in [0.3, 0.4) is 0 Å². The van der Waals surface area contributed by atoms with Gasteiger partial charge in [-0.25, -0.2) is 8.42 Å². The summed E-state index contributed by atoms with van der Waals surface area (Å²) < 4.78 is 44.4. The van der Waals surface area contributed by atoms with Crippen molar-refractivity contribution in [3.8, 4) is 17.2 Å². The van der Waals surface area contributed by atoms with E-state index in [2.05, 4.69) is 5.32 Å². The molecule has 1 amide bonds. The summed E-state index contributed by atoms with van der Waals surface area (Å²) in [6.45, 7) is 0.314. The fraction of sp³-hybridized carbons (Fsp3) is 0.208. The van der Waals surface area contributed by atoms with E-state index < -0.39 is 22.0 Å². The second-order valence-electron chi connectivity index (χ2n) is 7.24. The minimum Gasteiger partial charge on any atom is -0.497 e. The van der Waals surface area contributed by atoms with Crippen molar-refractivity contribution in [1.82, 2.24) is 5.32 Å². The Morgan fingerprint density at radius 2 is 1.76 bits per heavy atom. The molecule has 3 aromatic carbocycles. The van der Waals surface area contributed by atoms with E-state index in [1.807, 2.05) is 12.1 Å². The Hall–Kier alpha value is -3.72. The molecule has 1 atom stereocenters. The van der Waals surface area contributed by atoms with Crippen molar-refractivity contribution in [2.45, 2.75) is 11.0 Å². The van der Waals surface area contributed by atoms with Gasteiger partial charge in [-0.3, -0.25) is 9.10 Å². The molecule has 0 unspecified atom stereocenters. The number of hydrogen-bond acceptors (Lipinski definition) is 6. The maximum atomic E-state index is 13.3. The Balaban J connectivity index is 1.43. The third kappa shape index (κ3) is 5.04. The van der Waals surface area contributed by atoms with Gasteiger partial charge < -0.3 is 19.5 Å². The van der Waals surface area contributed by atoms with Crippen LogP contribution in [0, 0.1) is 0 Å². The number of rotatable bonds is 8. The highest BCUT2D eigenvalue weighted by Crippen LogP contribution is 2.36. The molecule has 3 aromatic rings. The molecule has 0 aliphatic carbocycles. The van der Waals surface area contributed by atoms with Crippen LogP contribution < -0.4 is 23.8 Å². The number of benzene rings is 3. The minimum atomic E-state index is -3.87. The van der Waals surface area contributed by atoms with Crippen molar-refractivity contribution in [2.24, 2.45) is 0 Å². The van der Waals surface area contributed by atoms with Gasteiger partial charge in [-0.15, -0.1) is 0 Å². The summed E-state index contributed by atoms with van der Waals surface area (Å²) in [5, 5.41) is 2.75. The summed E-state index contributed by atoms with van der Waals surface area (Å²) in [6.07, 6.45) is -1.00. The number of nitrogens with one attached hydrogen (secondary N) is 1. The number of nitrogens with zero attached hydrogens (tertiary/aromatic N) is 1. The first-order chi connectivity index (χ1) is 16.0. The molecule has 1 aliphatic rings. The molecule has 0 bridgehead atoms. The van der Waals surface area contributed by atoms with Crippen LogP contribution in [0.5, 0.6) is 17.2 Å². The zero-order valence-electron chi connectivity index (χ0n) is 18.0. The summed E-state index contributed by atoms with van der Waals surface area (Å²) in [6, 6.07) is 22.0. The Kier molecular flexibility index (Phi) is 6.69. The van der Waals surface area contributed by atoms with Crippen LogP contribution in [0.4, 0.5) is 5.69 Å². The van der Waals surface area contributed by atoms with Crippen LogP contribution in [0.25, 0.3) is 0 Å². The van der Waals surface area contributed by atoms with E-state index >= 15 is 0 Å². The summed E-state index contributed by atoms with van der Waals surface area (Å²) in [5.74, 6) is 1.19. The van der Waals surface area contributed by atoms with Crippen molar-refractivity contribution in [3.05, 3.63) is 78.9 Å². The number of anilines is 1. The van der Waals surface area contributed by atoms with Crippen LogP contribution in [0.2, 0.25) is 0 Å². The molecule has 0 fully saturated rings. The lowest BCUT2D eigenvalue weighted by Crippen LogP contribution is -2.51. The van der Waals surface area contributed by atoms with Crippen LogP contribution >= 0.6 is 0 Å². The van der Waals surface area contributed by atoms with Crippen molar-refractivity contribution in [3.63, 3.8) is 0 Å². The average Bonchev–Trinajstić information content (AvgIpc) is 2.86. The van der Waals surface area contributed by atoms with Crippen molar-refractivity contribution < 1.29 is 27.4 Å². The second kappa shape index (κ2) is 9.83. The highest BCUT2D eigenvalue weighted by molar-refractivity contribution is 7.92. The summed E-state index contributed by atoms with van der Waals surface area (Å²) in [5.41, 5.74) is 0.395. The van der Waals surface area contributed by atoms with Gasteiger partial charge in [0, 0.05) is 6.07 Å². The van der Waals surface area contributed by atoms with Gasteiger partial charge in [0.15, 0.2) is 6.10 Å². The van der Waals surface area contributed by atoms with E-state index in [1.165, 1.54) is 16.4 Å². The molecule has 172 valence electrons. The molecule has 1 aliphatic heterocycles. The highest BCUT2D eigenvalue weighted by atomic mass is 32.2. The maximum absolute atomic E-state index is 13.3.